The smallest absolute Gasteiger partial charge is 0.392 e. The van der Waals surface area contributed by atoms with Crippen LogP contribution >= 0.6 is 62.6 Å². The van der Waals surface area contributed by atoms with Crippen LogP contribution < -0.4 is 39.5 Å². The molecule has 0 amide bonds. The van der Waals surface area contributed by atoms with Gasteiger partial charge in [0.05, 0.1) is 31.7 Å². The molecule has 3 unspecified atom stereocenters. The molecular formula is C51H68N2O12P2S4. The van der Waals surface area contributed by atoms with E-state index in [1.54, 1.807) is 23.5 Å². The van der Waals surface area contributed by atoms with Crippen LogP contribution in [0.15, 0.2) is 60.7 Å². The first kappa shape index (κ1) is 56.9. The number of benzene rings is 2. The van der Waals surface area contributed by atoms with Gasteiger partial charge in [0.1, 0.15) is 23.0 Å². The number of nitrogens with two attached hydrogens (primary N) is 2. The highest BCUT2D eigenvalue weighted by Gasteiger charge is 2.30. The second-order valence-corrected chi connectivity index (χ2v) is 22.9. The zero-order valence-corrected chi connectivity index (χ0v) is 45.2. The standard InChI is InChI=1S/C51H68N2O12P2S4/c52-24-5-1-9-28-60-42-34-40(48-20-22-50(70-48)64-66(56)57)44(62-30-11-3-7-26-54)32-38(42)46-18-16-36(68-46)14-13-15-37-17-19-47(69-37)39-33-45(63-31-12-4-8-27-55)41(35-43(39)61-29-10-2-6-25-53)49-21-23-51(71-49)65-67(58)59/h16,18,20-23,32-35,37,47,54-57,67H,1-12,14,17,19,24-31,52-53H2,(H,58,59). The minimum atomic E-state index is -3.16. The summed E-state index contributed by atoms with van der Waals surface area (Å²) in [5, 5.41) is 19.6. The summed E-state index contributed by atoms with van der Waals surface area (Å²) < 4.78 is 47.9. The molecule has 1 aliphatic heterocycles. The molecule has 0 bridgehead atoms. The van der Waals surface area contributed by atoms with Gasteiger partial charge in [-0.05, 0) is 164 Å². The van der Waals surface area contributed by atoms with E-state index < -0.39 is 16.9 Å². The summed E-state index contributed by atoms with van der Waals surface area (Å²) in [5.41, 5.74) is 15.1. The molecule has 71 heavy (non-hydrogen) atoms. The Morgan fingerprint density at radius 3 is 1.65 bits per heavy atom. The van der Waals surface area contributed by atoms with Crippen molar-refractivity contribution in [2.24, 2.45) is 11.5 Å². The van der Waals surface area contributed by atoms with Crippen LogP contribution in [-0.4, -0.2) is 82.9 Å². The van der Waals surface area contributed by atoms with Crippen molar-refractivity contribution in [3.8, 4) is 76.3 Å². The van der Waals surface area contributed by atoms with Crippen LogP contribution in [0.5, 0.6) is 33.1 Å². The molecule has 6 rings (SSSR count). The summed E-state index contributed by atoms with van der Waals surface area (Å²) in [7, 11) is -5.72. The number of hydrogen-bond acceptors (Lipinski definition) is 17. The fraction of sp³-hybridized carbons (Fsp3) is 0.490. The Hall–Kier alpha value is -3.37. The lowest BCUT2D eigenvalue weighted by atomic mass is 10.0. The zero-order valence-electron chi connectivity index (χ0n) is 40.0. The van der Waals surface area contributed by atoms with Gasteiger partial charge in [0.15, 0.2) is 10.1 Å². The Balaban J connectivity index is 1.22. The van der Waals surface area contributed by atoms with Crippen LogP contribution in [0.3, 0.4) is 0 Å². The first-order valence-corrected chi connectivity index (χ1v) is 30.2. The maximum absolute atomic E-state index is 11.5. The van der Waals surface area contributed by atoms with Crippen LogP contribution in [0.25, 0.3) is 31.3 Å². The maximum Gasteiger partial charge on any atom is 0.392 e. The van der Waals surface area contributed by atoms with E-state index in [4.69, 9.17) is 39.5 Å². The lowest BCUT2D eigenvalue weighted by molar-refractivity contribution is 0.265. The molecule has 1 aliphatic rings. The van der Waals surface area contributed by atoms with E-state index in [1.165, 1.54) is 22.7 Å². The van der Waals surface area contributed by atoms with Crippen LogP contribution in [0.4, 0.5) is 0 Å². The average molecular weight is 1090 g/mol. The van der Waals surface area contributed by atoms with Gasteiger partial charge in [-0.15, -0.1) is 23.1 Å². The third kappa shape index (κ3) is 18.5. The second-order valence-electron chi connectivity index (χ2n) is 16.8. The molecule has 0 radical (unpaired) electrons. The van der Waals surface area contributed by atoms with Gasteiger partial charge in [-0.2, -0.15) is 0 Å². The summed E-state index contributed by atoms with van der Waals surface area (Å²) in [6.07, 6.45) is 12.6. The molecule has 1 fully saturated rings. The van der Waals surface area contributed by atoms with E-state index in [1.807, 2.05) is 42.1 Å². The van der Waals surface area contributed by atoms with E-state index in [-0.39, 0.29) is 23.7 Å². The van der Waals surface area contributed by atoms with Crippen molar-refractivity contribution in [3.05, 3.63) is 71.1 Å². The number of aliphatic hydroxyl groups is 2. The van der Waals surface area contributed by atoms with E-state index in [0.717, 1.165) is 125 Å². The van der Waals surface area contributed by atoms with Crippen molar-refractivity contribution in [1.82, 2.24) is 0 Å². The number of aliphatic hydroxyl groups excluding tert-OH is 2. The van der Waals surface area contributed by atoms with Crippen molar-refractivity contribution >= 4 is 62.6 Å². The van der Waals surface area contributed by atoms with Gasteiger partial charge in [0.25, 0.3) is 0 Å². The molecule has 5 aromatic rings. The van der Waals surface area contributed by atoms with Crippen molar-refractivity contribution in [2.75, 3.05) is 52.7 Å². The minimum Gasteiger partial charge on any atom is -0.493 e. The summed E-state index contributed by atoms with van der Waals surface area (Å²) in [6.45, 7) is 3.53. The predicted molar refractivity (Wildman–Crippen MR) is 291 cm³/mol. The van der Waals surface area contributed by atoms with Crippen LogP contribution in [0.1, 0.15) is 106 Å². The number of rotatable bonds is 33. The largest absolute Gasteiger partial charge is 0.493 e. The molecule has 3 aromatic heterocycles. The Bertz CT molecular complexity index is 2450. The molecule has 2 aromatic carbocycles. The zero-order chi connectivity index (χ0) is 50.2. The lowest BCUT2D eigenvalue weighted by Gasteiger charge is -2.20. The van der Waals surface area contributed by atoms with E-state index in [0.29, 0.717) is 86.2 Å². The third-order valence-electron chi connectivity index (χ3n) is 11.4. The first-order chi connectivity index (χ1) is 34.7. The average Bonchev–Trinajstić information content (AvgIpc) is 4.21. The lowest BCUT2D eigenvalue weighted by Crippen LogP contribution is -2.06. The van der Waals surface area contributed by atoms with Gasteiger partial charge in [0, 0.05) is 66.6 Å². The highest BCUT2D eigenvalue weighted by atomic mass is 32.2. The maximum atomic E-state index is 11.5. The fourth-order valence-corrected chi connectivity index (χ4v) is 12.9. The third-order valence-corrected chi connectivity index (χ3v) is 17.0. The van der Waals surface area contributed by atoms with E-state index in [2.05, 4.69) is 30.0 Å². The summed E-state index contributed by atoms with van der Waals surface area (Å²) in [6, 6.07) is 19.5. The molecule has 4 heterocycles. The topological polar surface area (TPSA) is 226 Å². The highest BCUT2D eigenvalue weighted by Crippen LogP contribution is 2.52. The monoisotopic (exact) mass is 1090 g/mol. The molecule has 388 valence electrons. The number of unbranched alkanes of at least 4 members (excludes halogenated alkanes) is 8. The van der Waals surface area contributed by atoms with Gasteiger partial charge >= 0.3 is 16.9 Å². The summed E-state index contributed by atoms with van der Waals surface area (Å²) in [5.74, 6) is 9.95. The molecule has 1 saturated heterocycles. The molecule has 20 heteroatoms. The van der Waals surface area contributed by atoms with Crippen molar-refractivity contribution in [2.45, 2.75) is 107 Å². The fourth-order valence-electron chi connectivity index (χ4n) is 7.85. The summed E-state index contributed by atoms with van der Waals surface area (Å²) in [4.78, 5) is 32.3. The predicted octanol–water partition coefficient (Wildman–Crippen LogP) is 11.5. The van der Waals surface area contributed by atoms with Crippen molar-refractivity contribution < 1.29 is 57.5 Å². The summed E-state index contributed by atoms with van der Waals surface area (Å²) >= 11 is 6.09. The quantitative estimate of drug-likeness (QED) is 0.0118. The molecular weight excluding hydrogens is 1020 g/mol. The number of thioether (sulfide) groups is 1. The molecule has 0 spiro atoms. The normalized spacial score (nSPS) is 14.9. The van der Waals surface area contributed by atoms with Gasteiger partial charge in [-0.25, -0.2) is 4.57 Å². The Morgan fingerprint density at radius 2 is 1.10 bits per heavy atom. The molecule has 0 saturated carbocycles. The van der Waals surface area contributed by atoms with Crippen LogP contribution in [-0.2, 0) is 11.0 Å². The van der Waals surface area contributed by atoms with Gasteiger partial charge in [-0.3, -0.25) is 0 Å². The van der Waals surface area contributed by atoms with Crippen molar-refractivity contribution in [1.29, 1.82) is 0 Å². The van der Waals surface area contributed by atoms with Gasteiger partial charge < -0.3 is 64.4 Å². The van der Waals surface area contributed by atoms with E-state index in [9.17, 15) is 29.5 Å². The van der Waals surface area contributed by atoms with E-state index >= 15 is 0 Å². The van der Waals surface area contributed by atoms with Crippen LogP contribution in [0.2, 0.25) is 0 Å². The molecule has 3 atom stereocenters. The Morgan fingerprint density at radius 1 is 0.606 bits per heavy atom. The number of hydrogen-bond donors (Lipinski definition) is 7. The molecule has 0 aliphatic carbocycles. The number of thiophene rings is 3. The Kier molecular flexibility index (Phi) is 25.2. The second kappa shape index (κ2) is 31.4. The SMILES string of the molecule is NCCCCCOc1cc(-c2ccc(OP(O)O)s2)c(OCCCCCO)cc1-c1ccc(CC#CC2CCC(c3cc(OCCCCCO)c(-c4ccc(O[PH](=O)O)s4)cc3OCCCCCN)S2)s1. The highest BCUT2D eigenvalue weighted by molar-refractivity contribution is 8.00. The van der Waals surface area contributed by atoms with Gasteiger partial charge in [0.2, 0.25) is 0 Å². The van der Waals surface area contributed by atoms with Gasteiger partial charge in [-0.1, -0.05) is 34.5 Å². The first-order valence-electron chi connectivity index (χ1n) is 24.4. The van der Waals surface area contributed by atoms with Crippen molar-refractivity contribution in [3.63, 3.8) is 0 Å². The minimum absolute atomic E-state index is 0.117. The molecule has 14 nitrogen and oxygen atoms in total. The Labute approximate surface area is 436 Å². The number of ether oxygens (including phenoxy) is 4. The molecule has 9 N–H and O–H groups in total. The van der Waals surface area contributed by atoms with Crippen LogP contribution in [0, 0.1) is 11.8 Å².